The highest BCUT2D eigenvalue weighted by Crippen LogP contribution is 2.24. The third-order valence-electron chi connectivity index (χ3n) is 2.96. The molecule has 0 aliphatic heterocycles. The Balaban J connectivity index is 1.98. The Labute approximate surface area is 125 Å². The first kappa shape index (κ1) is 15.0. The fraction of sp³-hybridized carbons (Fsp3) is 0.438. The third kappa shape index (κ3) is 4.05. The van der Waals surface area contributed by atoms with Gasteiger partial charge in [-0.3, -0.25) is 0 Å². The summed E-state index contributed by atoms with van der Waals surface area (Å²) in [7, 11) is 1.94. The lowest BCUT2D eigenvalue weighted by Crippen LogP contribution is -2.11. The summed E-state index contributed by atoms with van der Waals surface area (Å²) in [5, 5.41) is 6.28. The Morgan fingerprint density at radius 2 is 2.10 bits per heavy atom. The van der Waals surface area contributed by atoms with E-state index < -0.39 is 0 Å². The molecule has 0 saturated carbocycles. The Morgan fingerprint density at radius 1 is 1.30 bits per heavy atom. The van der Waals surface area contributed by atoms with E-state index in [1.165, 1.54) is 5.56 Å². The van der Waals surface area contributed by atoms with Crippen molar-refractivity contribution >= 4 is 11.3 Å². The van der Waals surface area contributed by atoms with Gasteiger partial charge in [0.05, 0.1) is 5.69 Å². The van der Waals surface area contributed by atoms with Crippen molar-refractivity contribution in [1.29, 1.82) is 0 Å². The second-order valence-corrected chi connectivity index (χ2v) is 6.79. The van der Waals surface area contributed by atoms with Crippen molar-refractivity contribution < 1.29 is 4.74 Å². The molecule has 0 fully saturated rings. The van der Waals surface area contributed by atoms with Gasteiger partial charge in [0.1, 0.15) is 17.4 Å². The maximum Gasteiger partial charge on any atom is 0.140 e. The number of nitrogens with zero attached hydrogens (tertiary/aromatic N) is 1. The van der Waals surface area contributed by atoms with Crippen LogP contribution in [0.1, 0.15) is 37.0 Å². The van der Waals surface area contributed by atoms with Gasteiger partial charge in [-0.25, -0.2) is 4.98 Å². The largest absolute Gasteiger partial charge is 0.486 e. The van der Waals surface area contributed by atoms with Crippen LogP contribution in [0.25, 0.3) is 0 Å². The summed E-state index contributed by atoms with van der Waals surface area (Å²) in [6.07, 6.45) is 0. The fourth-order valence-corrected chi connectivity index (χ4v) is 2.75. The molecular formula is C16H22N2OS. The summed E-state index contributed by atoms with van der Waals surface area (Å²) >= 11 is 1.66. The van der Waals surface area contributed by atoms with Crippen molar-refractivity contribution in [3.05, 3.63) is 45.9 Å². The SMILES string of the molecule is CNCc1cccc(OCc2nc(C(C)(C)C)cs2)c1. The van der Waals surface area contributed by atoms with Crippen molar-refractivity contribution in [2.75, 3.05) is 7.05 Å². The summed E-state index contributed by atoms with van der Waals surface area (Å²) in [6, 6.07) is 8.15. The Bertz CT molecular complexity index is 558. The summed E-state index contributed by atoms with van der Waals surface area (Å²) in [6.45, 7) is 7.90. The average Bonchev–Trinajstić information content (AvgIpc) is 2.86. The molecule has 2 aromatic rings. The molecule has 20 heavy (non-hydrogen) atoms. The molecule has 3 nitrogen and oxygen atoms in total. The zero-order valence-electron chi connectivity index (χ0n) is 12.6. The molecule has 1 heterocycles. The molecule has 0 amide bonds. The number of ether oxygens (including phenoxy) is 1. The molecule has 1 N–H and O–H groups in total. The molecule has 0 atom stereocenters. The second kappa shape index (κ2) is 6.37. The first-order chi connectivity index (χ1) is 9.49. The molecular weight excluding hydrogens is 268 g/mol. The van der Waals surface area contributed by atoms with E-state index in [2.05, 4.69) is 48.6 Å². The number of hydrogen-bond donors (Lipinski definition) is 1. The quantitative estimate of drug-likeness (QED) is 0.911. The lowest BCUT2D eigenvalue weighted by molar-refractivity contribution is 0.304. The maximum absolute atomic E-state index is 5.83. The fourth-order valence-electron chi connectivity index (χ4n) is 1.82. The zero-order valence-corrected chi connectivity index (χ0v) is 13.4. The van der Waals surface area contributed by atoms with Gasteiger partial charge in [-0.15, -0.1) is 11.3 Å². The first-order valence-electron chi connectivity index (χ1n) is 6.80. The first-order valence-corrected chi connectivity index (χ1v) is 7.68. The molecule has 0 aliphatic rings. The number of benzene rings is 1. The molecule has 0 aliphatic carbocycles. The summed E-state index contributed by atoms with van der Waals surface area (Å²) < 4.78 is 5.83. The van der Waals surface area contributed by atoms with E-state index in [1.807, 2.05) is 19.2 Å². The van der Waals surface area contributed by atoms with Gasteiger partial charge in [-0.1, -0.05) is 32.9 Å². The van der Waals surface area contributed by atoms with Crippen molar-refractivity contribution in [2.45, 2.75) is 39.3 Å². The van der Waals surface area contributed by atoms with Crippen LogP contribution in [0.4, 0.5) is 0 Å². The highest BCUT2D eigenvalue weighted by atomic mass is 32.1. The van der Waals surface area contributed by atoms with E-state index in [0.29, 0.717) is 6.61 Å². The van der Waals surface area contributed by atoms with Crippen molar-refractivity contribution in [2.24, 2.45) is 0 Å². The van der Waals surface area contributed by atoms with Crippen molar-refractivity contribution in [3.63, 3.8) is 0 Å². The molecule has 0 radical (unpaired) electrons. The molecule has 1 aromatic carbocycles. The van der Waals surface area contributed by atoms with Crippen LogP contribution in [-0.2, 0) is 18.6 Å². The minimum absolute atomic E-state index is 0.0987. The Morgan fingerprint density at radius 3 is 2.75 bits per heavy atom. The highest BCUT2D eigenvalue weighted by Gasteiger charge is 2.17. The molecule has 0 spiro atoms. The highest BCUT2D eigenvalue weighted by molar-refractivity contribution is 7.09. The van der Waals surface area contributed by atoms with Crippen molar-refractivity contribution in [1.82, 2.24) is 10.3 Å². The number of nitrogens with one attached hydrogen (secondary N) is 1. The summed E-state index contributed by atoms with van der Waals surface area (Å²) in [5.41, 5.74) is 2.45. The number of thiazole rings is 1. The molecule has 2 rings (SSSR count). The monoisotopic (exact) mass is 290 g/mol. The van der Waals surface area contributed by atoms with E-state index >= 15 is 0 Å². The zero-order chi connectivity index (χ0) is 14.6. The maximum atomic E-state index is 5.83. The number of hydrogen-bond acceptors (Lipinski definition) is 4. The Kier molecular flexibility index (Phi) is 4.78. The molecule has 108 valence electrons. The van der Waals surface area contributed by atoms with E-state index in [4.69, 9.17) is 4.74 Å². The van der Waals surface area contributed by atoms with Crippen LogP contribution in [0.3, 0.4) is 0 Å². The van der Waals surface area contributed by atoms with Crippen LogP contribution in [0.15, 0.2) is 29.6 Å². The van der Waals surface area contributed by atoms with Crippen LogP contribution in [0.2, 0.25) is 0 Å². The predicted molar refractivity (Wildman–Crippen MR) is 84.4 cm³/mol. The van der Waals surface area contributed by atoms with Crippen LogP contribution in [-0.4, -0.2) is 12.0 Å². The topological polar surface area (TPSA) is 34.1 Å². The van der Waals surface area contributed by atoms with Gasteiger partial charge in [-0.05, 0) is 24.7 Å². The van der Waals surface area contributed by atoms with Gasteiger partial charge >= 0.3 is 0 Å². The normalized spacial score (nSPS) is 11.6. The van der Waals surface area contributed by atoms with Gasteiger partial charge in [0.15, 0.2) is 0 Å². The summed E-state index contributed by atoms with van der Waals surface area (Å²) in [5.74, 6) is 0.894. The minimum atomic E-state index is 0.0987. The number of aromatic nitrogens is 1. The molecule has 1 aromatic heterocycles. The van der Waals surface area contributed by atoms with E-state index in [-0.39, 0.29) is 5.41 Å². The van der Waals surface area contributed by atoms with E-state index in [9.17, 15) is 0 Å². The third-order valence-corrected chi connectivity index (χ3v) is 3.78. The van der Waals surface area contributed by atoms with Crippen LogP contribution in [0.5, 0.6) is 5.75 Å². The molecule has 0 unspecified atom stereocenters. The van der Waals surface area contributed by atoms with Crippen molar-refractivity contribution in [3.8, 4) is 5.75 Å². The minimum Gasteiger partial charge on any atom is -0.486 e. The smallest absolute Gasteiger partial charge is 0.140 e. The van der Waals surface area contributed by atoms with Crippen LogP contribution < -0.4 is 10.1 Å². The van der Waals surface area contributed by atoms with Gasteiger partial charge in [0, 0.05) is 17.3 Å². The predicted octanol–water partition coefficient (Wildman–Crippen LogP) is 3.74. The molecule has 4 heteroatoms. The van der Waals surface area contributed by atoms with E-state index in [1.54, 1.807) is 11.3 Å². The standard InChI is InChI=1S/C16H22N2OS/c1-16(2,3)14-11-20-15(18-14)10-19-13-7-5-6-12(8-13)9-17-4/h5-8,11,17H,9-10H2,1-4H3. The van der Waals surface area contributed by atoms with Crippen LogP contribution in [0, 0.1) is 0 Å². The van der Waals surface area contributed by atoms with Gasteiger partial charge < -0.3 is 10.1 Å². The lowest BCUT2D eigenvalue weighted by Gasteiger charge is -2.14. The molecule has 0 saturated heterocycles. The molecule has 0 bridgehead atoms. The lowest BCUT2D eigenvalue weighted by atomic mass is 9.93. The Hall–Kier alpha value is -1.39. The van der Waals surface area contributed by atoms with Gasteiger partial charge in [0.25, 0.3) is 0 Å². The van der Waals surface area contributed by atoms with Crippen LogP contribution >= 0.6 is 11.3 Å². The second-order valence-electron chi connectivity index (χ2n) is 5.84. The van der Waals surface area contributed by atoms with Gasteiger partial charge in [-0.2, -0.15) is 0 Å². The average molecular weight is 290 g/mol. The van der Waals surface area contributed by atoms with E-state index in [0.717, 1.165) is 23.0 Å². The van der Waals surface area contributed by atoms with Gasteiger partial charge in [0.2, 0.25) is 0 Å². The summed E-state index contributed by atoms with van der Waals surface area (Å²) in [4.78, 5) is 4.64. The number of rotatable bonds is 5.